The quantitative estimate of drug-likeness (QED) is 0.801. The number of carbonyl (C=O) groups is 2. The molecule has 28 heavy (non-hydrogen) atoms. The van der Waals surface area contributed by atoms with Crippen molar-refractivity contribution in [1.82, 2.24) is 10.2 Å². The minimum atomic E-state index is -0.925. The number of nitrogens with zero attached hydrogens (tertiary/aromatic N) is 1. The zero-order valence-corrected chi connectivity index (χ0v) is 16.0. The number of carboxylic acids is 1. The molecule has 1 heterocycles. The van der Waals surface area contributed by atoms with E-state index in [0.717, 1.165) is 37.1 Å². The molecule has 0 bridgehead atoms. The predicted octanol–water partition coefficient (Wildman–Crippen LogP) is 3.36. The lowest BCUT2D eigenvalue weighted by atomic mass is 9.95. The van der Waals surface area contributed by atoms with Gasteiger partial charge in [-0.2, -0.15) is 0 Å². The summed E-state index contributed by atoms with van der Waals surface area (Å²) in [5, 5.41) is 12.0. The van der Waals surface area contributed by atoms with E-state index >= 15 is 0 Å². The van der Waals surface area contributed by atoms with Gasteiger partial charge in [-0.25, -0.2) is 9.18 Å². The number of aromatic carboxylic acids is 1. The highest BCUT2D eigenvalue weighted by molar-refractivity contribution is 5.87. The van der Waals surface area contributed by atoms with Crippen LogP contribution in [-0.4, -0.2) is 35.0 Å². The van der Waals surface area contributed by atoms with Crippen molar-refractivity contribution in [2.24, 2.45) is 5.92 Å². The molecule has 3 rings (SSSR count). The highest BCUT2D eigenvalue weighted by atomic mass is 19.1. The molecule has 1 amide bonds. The minimum absolute atomic E-state index is 0.00788. The lowest BCUT2D eigenvalue weighted by Crippen LogP contribution is -2.40. The van der Waals surface area contributed by atoms with Crippen molar-refractivity contribution in [2.75, 3.05) is 13.1 Å². The summed E-state index contributed by atoms with van der Waals surface area (Å²) in [5.41, 5.74) is 2.60. The fourth-order valence-corrected chi connectivity index (χ4v) is 3.49. The maximum atomic E-state index is 13.6. The number of rotatable bonds is 6. The lowest BCUT2D eigenvalue weighted by molar-refractivity contribution is -0.126. The van der Waals surface area contributed by atoms with E-state index in [4.69, 9.17) is 5.11 Å². The standard InChI is InChI=1S/C22H25FN2O3/c1-15-5-6-16(12-20(15)23)13-24-21(26)18-7-9-25(10-8-18)14-17-3-2-4-19(11-17)22(27)28/h2-6,11-12,18H,7-10,13-14H2,1H3,(H,24,26)(H,27,28). The predicted molar refractivity (Wildman–Crippen MR) is 104 cm³/mol. The van der Waals surface area contributed by atoms with Crippen molar-refractivity contribution in [2.45, 2.75) is 32.9 Å². The number of piperidine rings is 1. The van der Waals surface area contributed by atoms with E-state index in [0.29, 0.717) is 24.2 Å². The third-order valence-corrected chi connectivity index (χ3v) is 5.24. The highest BCUT2D eigenvalue weighted by Crippen LogP contribution is 2.20. The molecule has 0 atom stereocenters. The van der Waals surface area contributed by atoms with Crippen molar-refractivity contribution in [3.8, 4) is 0 Å². The summed E-state index contributed by atoms with van der Waals surface area (Å²) >= 11 is 0. The summed E-state index contributed by atoms with van der Waals surface area (Å²) in [7, 11) is 0. The first-order valence-corrected chi connectivity index (χ1v) is 9.49. The van der Waals surface area contributed by atoms with Gasteiger partial charge in [0.15, 0.2) is 0 Å². The number of aryl methyl sites for hydroxylation is 1. The fraction of sp³-hybridized carbons (Fsp3) is 0.364. The molecule has 2 N–H and O–H groups in total. The van der Waals surface area contributed by atoms with Gasteiger partial charge in [0, 0.05) is 19.0 Å². The molecule has 5 nitrogen and oxygen atoms in total. The Hall–Kier alpha value is -2.73. The first-order chi connectivity index (χ1) is 13.4. The first kappa shape index (κ1) is 20.0. The van der Waals surface area contributed by atoms with Gasteiger partial charge in [-0.1, -0.05) is 24.3 Å². The summed E-state index contributed by atoms with van der Waals surface area (Å²) in [6.45, 7) is 4.29. The Balaban J connectivity index is 1.46. The zero-order chi connectivity index (χ0) is 20.1. The minimum Gasteiger partial charge on any atom is -0.478 e. The van der Waals surface area contributed by atoms with Gasteiger partial charge < -0.3 is 10.4 Å². The molecular formula is C22H25FN2O3. The number of hydrogen-bond acceptors (Lipinski definition) is 3. The molecule has 0 radical (unpaired) electrons. The number of halogens is 1. The molecule has 1 fully saturated rings. The van der Waals surface area contributed by atoms with Crippen LogP contribution in [0.3, 0.4) is 0 Å². The smallest absolute Gasteiger partial charge is 0.335 e. The molecule has 0 spiro atoms. The van der Waals surface area contributed by atoms with Crippen LogP contribution in [-0.2, 0) is 17.9 Å². The molecule has 0 unspecified atom stereocenters. The van der Waals surface area contributed by atoms with Crippen LogP contribution in [0.5, 0.6) is 0 Å². The molecule has 1 saturated heterocycles. The lowest BCUT2D eigenvalue weighted by Gasteiger charge is -2.31. The molecule has 1 aliphatic heterocycles. The second kappa shape index (κ2) is 8.97. The Kier molecular flexibility index (Phi) is 6.41. The van der Waals surface area contributed by atoms with Crippen molar-refractivity contribution >= 4 is 11.9 Å². The Labute approximate surface area is 164 Å². The largest absolute Gasteiger partial charge is 0.478 e. The SMILES string of the molecule is Cc1ccc(CNC(=O)C2CCN(Cc3cccc(C(=O)O)c3)CC2)cc1F. The van der Waals surface area contributed by atoms with E-state index in [-0.39, 0.29) is 17.6 Å². The van der Waals surface area contributed by atoms with Gasteiger partial charge in [0.05, 0.1) is 5.56 Å². The topological polar surface area (TPSA) is 69.6 Å². The Morgan fingerprint density at radius 1 is 1.14 bits per heavy atom. The number of carbonyl (C=O) groups excluding carboxylic acids is 1. The number of nitrogens with one attached hydrogen (secondary N) is 1. The van der Waals surface area contributed by atoms with E-state index in [2.05, 4.69) is 10.2 Å². The van der Waals surface area contributed by atoms with Crippen LogP contribution in [0.4, 0.5) is 4.39 Å². The molecule has 2 aromatic rings. The van der Waals surface area contributed by atoms with Gasteiger partial charge in [0.1, 0.15) is 5.82 Å². The maximum absolute atomic E-state index is 13.6. The monoisotopic (exact) mass is 384 g/mol. The van der Waals surface area contributed by atoms with Gasteiger partial charge in [-0.15, -0.1) is 0 Å². The molecule has 0 saturated carbocycles. The third-order valence-electron chi connectivity index (χ3n) is 5.24. The first-order valence-electron chi connectivity index (χ1n) is 9.49. The Bertz CT molecular complexity index is 861. The fourth-order valence-electron chi connectivity index (χ4n) is 3.49. The van der Waals surface area contributed by atoms with E-state index in [1.165, 1.54) is 6.07 Å². The van der Waals surface area contributed by atoms with E-state index < -0.39 is 5.97 Å². The van der Waals surface area contributed by atoms with Gasteiger partial charge in [0.25, 0.3) is 0 Å². The molecule has 1 aliphatic rings. The second-order valence-electron chi connectivity index (χ2n) is 7.36. The van der Waals surface area contributed by atoms with Crippen LogP contribution in [0.2, 0.25) is 0 Å². The average molecular weight is 384 g/mol. The number of carboxylic acid groups (broad SMARTS) is 1. The summed E-state index contributed by atoms with van der Waals surface area (Å²) in [6, 6.07) is 12.0. The van der Waals surface area contributed by atoms with E-state index in [9.17, 15) is 14.0 Å². The molecule has 148 valence electrons. The van der Waals surface area contributed by atoms with Gasteiger partial charge in [0.2, 0.25) is 5.91 Å². The zero-order valence-electron chi connectivity index (χ0n) is 16.0. The van der Waals surface area contributed by atoms with Gasteiger partial charge in [-0.05, 0) is 67.7 Å². The summed E-state index contributed by atoms with van der Waals surface area (Å²) in [6.07, 6.45) is 1.51. The van der Waals surface area contributed by atoms with Crippen LogP contribution in [0.15, 0.2) is 42.5 Å². The van der Waals surface area contributed by atoms with Crippen LogP contribution in [0.25, 0.3) is 0 Å². The summed E-state index contributed by atoms with van der Waals surface area (Å²) < 4.78 is 13.6. The number of benzene rings is 2. The number of hydrogen-bond donors (Lipinski definition) is 2. The normalized spacial score (nSPS) is 15.4. The van der Waals surface area contributed by atoms with Crippen LogP contribution < -0.4 is 5.32 Å². The van der Waals surface area contributed by atoms with Crippen molar-refractivity contribution in [3.63, 3.8) is 0 Å². The molecule has 2 aromatic carbocycles. The third kappa shape index (κ3) is 5.16. The molecular weight excluding hydrogens is 359 g/mol. The second-order valence-corrected chi connectivity index (χ2v) is 7.36. The van der Waals surface area contributed by atoms with Crippen LogP contribution >= 0.6 is 0 Å². The number of likely N-dealkylation sites (tertiary alicyclic amines) is 1. The Morgan fingerprint density at radius 2 is 1.89 bits per heavy atom. The average Bonchev–Trinajstić information content (AvgIpc) is 2.69. The number of amides is 1. The molecule has 6 heteroatoms. The van der Waals surface area contributed by atoms with Gasteiger partial charge in [-0.3, -0.25) is 9.69 Å². The van der Waals surface area contributed by atoms with Crippen LogP contribution in [0.1, 0.15) is 39.9 Å². The van der Waals surface area contributed by atoms with Crippen molar-refractivity contribution in [3.05, 3.63) is 70.5 Å². The van der Waals surface area contributed by atoms with Crippen molar-refractivity contribution < 1.29 is 19.1 Å². The van der Waals surface area contributed by atoms with Gasteiger partial charge >= 0.3 is 5.97 Å². The Morgan fingerprint density at radius 3 is 2.57 bits per heavy atom. The molecule has 0 aromatic heterocycles. The maximum Gasteiger partial charge on any atom is 0.335 e. The van der Waals surface area contributed by atoms with E-state index in [1.807, 2.05) is 12.1 Å². The highest BCUT2D eigenvalue weighted by Gasteiger charge is 2.25. The van der Waals surface area contributed by atoms with Crippen LogP contribution in [0, 0.1) is 18.7 Å². The summed E-state index contributed by atoms with van der Waals surface area (Å²) in [4.78, 5) is 25.7. The van der Waals surface area contributed by atoms with E-state index in [1.54, 1.807) is 31.2 Å². The van der Waals surface area contributed by atoms with Crippen molar-refractivity contribution in [1.29, 1.82) is 0 Å². The molecule has 0 aliphatic carbocycles. The summed E-state index contributed by atoms with van der Waals surface area (Å²) in [5.74, 6) is -1.22.